The first-order valence-electron chi connectivity index (χ1n) is 21.0. The van der Waals surface area contributed by atoms with Gasteiger partial charge in [0.15, 0.2) is 0 Å². The van der Waals surface area contributed by atoms with Crippen LogP contribution < -0.4 is 0 Å². The largest absolute Gasteiger partial charge is 0.455 e. The molecule has 0 N–H and O–H groups in total. The Kier molecular flexibility index (Phi) is 8.00. The molecule has 0 spiro atoms. The molecule has 0 saturated heterocycles. The molecule has 0 saturated carbocycles. The number of furan rings is 1. The van der Waals surface area contributed by atoms with Gasteiger partial charge in [-0.1, -0.05) is 56.3 Å². The van der Waals surface area contributed by atoms with Crippen molar-refractivity contribution in [1.82, 2.24) is 0 Å². The van der Waals surface area contributed by atoms with Crippen LogP contribution in [-0.4, -0.2) is 0 Å². The monoisotopic (exact) mass is 746 g/mol. The first kappa shape index (κ1) is 37.4. The van der Waals surface area contributed by atoms with Crippen LogP contribution in [0.1, 0.15) is 108 Å². The Morgan fingerprint density at radius 2 is 0.684 bits per heavy atom. The van der Waals surface area contributed by atoms with Crippen LogP contribution in [0, 0.1) is 104 Å². The molecule has 0 fully saturated rings. The summed E-state index contributed by atoms with van der Waals surface area (Å²) >= 11 is 0. The minimum absolute atomic E-state index is 0.0978. The van der Waals surface area contributed by atoms with Gasteiger partial charge in [0.2, 0.25) is 0 Å². The zero-order chi connectivity index (χ0) is 41.1. The highest BCUT2D eigenvalue weighted by Gasteiger charge is 2.38. The molecule has 0 aliphatic heterocycles. The Labute approximate surface area is 340 Å². The van der Waals surface area contributed by atoms with Crippen molar-refractivity contribution in [2.45, 2.75) is 123 Å². The number of hydrogen-bond donors (Lipinski definition) is 0. The first-order chi connectivity index (χ1) is 26.9. The van der Waals surface area contributed by atoms with Crippen molar-refractivity contribution in [2.24, 2.45) is 0 Å². The van der Waals surface area contributed by atoms with Crippen LogP contribution in [0.15, 0.2) is 46.9 Å². The first-order valence-corrected chi connectivity index (χ1v) is 21.0. The summed E-state index contributed by atoms with van der Waals surface area (Å²) in [5.74, 6) is 0. The standard InChI is InChI=1S/C56H58O/c1-25-27(3)34(10)46-44(32(25)8)51(41-22-20-24-43-50(41)40-21-18-19-23-42(40)56(43,16)17)45-33(9)26(2)28(4)35(11)47(45)52(46)48-36(12)31(7)39(15)55-53(48)49-37(13)29(5)30(6)38(14)54(49)57-55/h18-24H,1-17H3. The van der Waals surface area contributed by atoms with E-state index in [1.54, 1.807) is 0 Å². The summed E-state index contributed by atoms with van der Waals surface area (Å²) < 4.78 is 7.14. The van der Waals surface area contributed by atoms with Crippen LogP contribution >= 0.6 is 0 Å². The molecule has 288 valence electrons. The van der Waals surface area contributed by atoms with Crippen LogP contribution in [0.4, 0.5) is 0 Å². The lowest BCUT2D eigenvalue weighted by Gasteiger charge is -2.29. The maximum atomic E-state index is 7.14. The van der Waals surface area contributed by atoms with E-state index in [1.165, 1.54) is 160 Å². The topological polar surface area (TPSA) is 13.1 Å². The molecule has 1 heteroatoms. The fourth-order valence-electron chi connectivity index (χ4n) is 11.2. The van der Waals surface area contributed by atoms with Gasteiger partial charge in [-0.05, 0) is 253 Å². The van der Waals surface area contributed by atoms with E-state index in [9.17, 15) is 0 Å². The van der Waals surface area contributed by atoms with Gasteiger partial charge in [0.25, 0.3) is 0 Å². The van der Waals surface area contributed by atoms with E-state index in [1.807, 2.05) is 0 Å². The van der Waals surface area contributed by atoms with Gasteiger partial charge in [0, 0.05) is 16.2 Å². The maximum absolute atomic E-state index is 7.14. The van der Waals surface area contributed by atoms with Crippen molar-refractivity contribution >= 4 is 43.5 Å². The lowest BCUT2D eigenvalue weighted by atomic mass is 9.74. The fourth-order valence-corrected chi connectivity index (χ4v) is 11.2. The second-order valence-corrected chi connectivity index (χ2v) is 18.4. The number of rotatable bonds is 2. The summed E-state index contributed by atoms with van der Waals surface area (Å²) in [5, 5.41) is 8.08. The molecule has 9 rings (SSSR count). The molecule has 0 bridgehead atoms. The third-order valence-corrected chi connectivity index (χ3v) is 15.9. The van der Waals surface area contributed by atoms with Gasteiger partial charge in [-0.3, -0.25) is 0 Å². The summed E-state index contributed by atoms with van der Waals surface area (Å²) in [7, 11) is 0. The Hall–Kier alpha value is -5.14. The third-order valence-electron chi connectivity index (χ3n) is 15.9. The van der Waals surface area contributed by atoms with Gasteiger partial charge in [-0.15, -0.1) is 0 Å². The minimum Gasteiger partial charge on any atom is -0.455 e. The number of hydrogen-bond acceptors (Lipinski definition) is 1. The molecule has 1 nitrogen and oxygen atoms in total. The third kappa shape index (κ3) is 4.52. The summed E-state index contributed by atoms with van der Waals surface area (Å²) in [4.78, 5) is 0. The van der Waals surface area contributed by atoms with E-state index in [-0.39, 0.29) is 5.41 Å². The molecule has 1 aliphatic rings. The van der Waals surface area contributed by atoms with E-state index in [0.717, 1.165) is 11.2 Å². The molecule has 8 aromatic rings. The molecule has 0 radical (unpaired) electrons. The highest BCUT2D eigenvalue weighted by Crippen LogP contribution is 2.58. The maximum Gasteiger partial charge on any atom is 0.139 e. The Bertz CT molecular complexity index is 3090. The van der Waals surface area contributed by atoms with Crippen LogP contribution in [0.3, 0.4) is 0 Å². The van der Waals surface area contributed by atoms with E-state index in [4.69, 9.17) is 4.42 Å². The van der Waals surface area contributed by atoms with Gasteiger partial charge < -0.3 is 4.42 Å². The average Bonchev–Trinajstić information content (AvgIpc) is 3.71. The van der Waals surface area contributed by atoms with Crippen LogP contribution in [-0.2, 0) is 5.41 Å². The van der Waals surface area contributed by atoms with Gasteiger partial charge >= 0.3 is 0 Å². The highest BCUT2D eigenvalue weighted by atomic mass is 16.3. The second kappa shape index (κ2) is 12.2. The summed E-state index contributed by atoms with van der Waals surface area (Å²) in [6.45, 7) is 39.8. The van der Waals surface area contributed by atoms with Crippen molar-refractivity contribution in [2.75, 3.05) is 0 Å². The quantitative estimate of drug-likeness (QED) is 0.161. The van der Waals surface area contributed by atoms with Crippen LogP contribution in [0.25, 0.3) is 76.9 Å². The molecule has 0 unspecified atom stereocenters. The zero-order valence-corrected chi connectivity index (χ0v) is 37.4. The molecule has 1 heterocycles. The molecule has 0 atom stereocenters. The van der Waals surface area contributed by atoms with Crippen molar-refractivity contribution in [1.29, 1.82) is 0 Å². The second-order valence-electron chi connectivity index (χ2n) is 18.4. The zero-order valence-electron chi connectivity index (χ0n) is 37.4. The fraction of sp³-hybridized carbons (Fsp3) is 0.321. The van der Waals surface area contributed by atoms with Crippen molar-refractivity contribution in [3.8, 4) is 33.4 Å². The van der Waals surface area contributed by atoms with Gasteiger partial charge in [-0.25, -0.2) is 0 Å². The Morgan fingerprint density at radius 1 is 0.298 bits per heavy atom. The lowest BCUT2D eigenvalue weighted by Crippen LogP contribution is -2.14. The van der Waals surface area contributed by atoms with Gasteiger partial charge in [0.1, 0.15) is 11.2 Å². The van der Waals surface area contributed by atoms with Crippen LogP contribution in [0.2, 0.25) is 0 Å². The lowest BCUT2D eigenvalue weighted by molar-refractivity contribution is 0.660. The average molecular weight is 747 g/mol. The summed E-state index contributed by atoms with van der Waals surface area (Å²) in [6.07, 6.45) is 0. The van der Waals surface area contributed by atoms with E-state index >= 15 is 0 Å². The summed E-state index contributed by atoms with van der Waals surface area (Å²) in [5.41, 5.74) is 33.1. The molecule has 1 aromatic heterocycles. The molecule has 0 amide bonds. The van der Waals surface area contributed by atoms with E-state index in [0.29, 0.717) is 0 Å². The molecule has 7 aromatic carbocycles. The number of benzene rings is 7. The van der Waals surface area contributed by atoms with Crippen molar-refractivity contribution in [3.05, 3.63) is 137 Å². The van der Waals surface area contributed by atoms with Crippen LogP contribution in [0.5, 0.6) is 0 Å². The van der Waals surface area contributed by atoms with Gasteiger partial charge in [0.05, 0.1) is 0 Å². The molecular weight excluding hydrogens is 689 g/mol. The van der Waals surface area contributed by atoms with Crippen molar-refractivity contribution < 1.29 is 4.42 Å². The minimum atomic E-state index is -0.0978. The SMILES string of the molecule is Cc1c(C)c(C)c2c(oc3c(C)c(C)c(C)c(-c4c5c(C)c(C)c(C)c(C)c5c(-c5cccc6c5-c5ccccc5C6(C)C)c5c(C)c(C)c(C)c(C)c45)c32)c1C. The van der Waals surface area contributed by atoms with E-state index < -0.39 is 0 Å². The molecule has 57 heavy (non-hydrogen) atoms. The number of aryl methyl sites for hydroxylation is 7. The molecule has 1 aliphatic carbocycles. The van der Waals surface area contributed by atoms with Crippen molar-refractivity contribution in [3.63, 3.8) is 0 Å². The smallest absolute Gasteiger partial charge is 0.139 e. The van der Waals surface area contributed by atoms with E-state index in [2.05, 4.69) is 160 Å². The highest BCUT2D eigenvalue weighted by molar-refractivity contribution is 6.30. The predicted molar refractivity (Wildman–Crippen MR) is 248 cm³/mol. The predicted octanol–water partition coefficient (Wildman–Crippen LogP) is 16.2. The van der Waals surface area contributed by atoms with Gasteiger partial charge in [-0.2, -0.15) is 0 Å². The normalized spacial score (nSPS) is 13.5. The Morgan fingerprint density at radius 3 is 1.21 bits per heavy atom. The Balaban J connectivity index is 1.65. The summed E-state index contributed by atoms with van der Waals surface area (Å²) in [6, 6.07) is 16.3. The number of fused-ring (bicyclic) bond motifs is 8. The molecular formula is C56H58O.